The summed E-state index contributed by atoms with van der Waals surface area (Å²) in [6.45, 7) is 7.52. The number of aliphatic hydroxyl groups excluding tert-OH is 1. The number of rotatable bonds is 2. The second-order valence-electron chi connectivity index (χ2n) is 8.52. The first-order valence-corrected chi connectivity index (χ1v) is 9.51. The fraction of sp³-hybridized carbons (Fsp3) is 0.619. The van der Waals surface area contributed by atoms with Gasteiger partial charge in [-0.05, 0) is 44.1 Å². The Kier molecular flexibility index (Phi) is 5.11. The topological polar surface area (TPSA) is 60.9 Å². The van der Waals surface area contributed by atoms with Crippen LogP contribution in [-0.2, 0) is 16.0 Å². The predicted octanol–water partition coefficient (Wildman–Crippen LogP) is 2.23. The normalized spacial score (nSPS) is 24.5. The molecule has 2 saturated heterocycles. The summed E-state index contributed by atoms with van der Waals surface area (Å²) >= 11 is 0. The van der Waals surface area contributed by atoms with Crippen LogP contribution in [0.4, 0.5) is 0 Å². The highest BCUT2D eigenvalue weighted by molar-refractivity contribution is 5.79. The predicted molar refractivity (Wildman–Crippen MR) is 100 cm³/mol. The van der Waals surface area contributed by atoms with Crippen molar-refractivity contribution in [3.8, 4) is 0 Å². The van der Waals surface area contributed by atoms with Crippen molar-refractivity contribution in [1.82, 2.24) is 9.80 Å². The van der Waals surface area contributed by atoms with E-state index in [0.29, 0.717) is 32.5 Å². The molecular weight excluding hydrogens is 328 g/mol. The van der Waals surface area contributed by atoms with Crippen LogP contribution in [0.5, 0.6) is 0 Å². The van der Waals surface area contributed by atoms with Gasteiger partial charge in [0.1, 0.15) is 0 Å². The Hall–Kier alpha value is -1.88. The second kappa shape index (κ2) is 7.03. The standard InChI is InChI=1S/C21H30N2O3/c1-16(24)23-15-21(14-18(25)20(23,2)3)9-11-22(12-10-21)19(26)13-17-7-5-4-6-8-17/h4-8,18,25H,9-15H2,1-3H3. The first-order valence-electron chi connectivity index (χ1n) is 9.51. The average molecular weight is 358 g/mol. The largest absolute Gasteiger partial charge is 0.391 e. The third-order valence-electron chi connectivity index (χ3n) is 6.39. The molecule has 2 aliphatic heterocycles. The molecule has 5 nitrogen and oxygen atoms in total. The van der Waals surface area contributed by atoms with E-state index in [-0.39, 0.29) is 17.2 Å². The van der Waals surface area contributed by atoms with Gasteiger partial charge in [-0.25, -0.2) is 0 Å². The van der Waals surface area contributed by atoms with Crippen molar-refractivity contribution in [2.75, 3.05) is 19.6 Å². The van der Waals surface area contributed by atoms with Gasteiger partial charge in [-0.1, -0.05) is 30.3 Å². The van der Waals surface area contributed by atoms with Gasteiger partial charge in [0.25, 0.3) is 0 Å². The molecule has 0 radical (unpaired) electrons. The number of aliphatic hydroxyl groups is 1. The molecule has 0 saturated carbocycles. The van der Waals surface area contributed by atoms with E-state index in [2.05, 4.69) is 0 Å². The number of carbonyl (C=O) groups excluding carboxylic acids is 2. The Morgan fingerprint density at radius 1 is 1.15 bits per heavy atom. The van der Waals surface area contributed by atoms with Crippen molar-refractivity contribution in [2.45, 2.75) is 58.1 Å². The van der Waals surface area contributed by atoms with Gasteiger partial charge in [0.2, 0.25) is 11.8 Å². The highest BCUT2D eigenvalue weighted by atomic mass is 16.3. The van der Waals surface area contributed by atoms with Crippen LogP contribution < -0.4 is 0 Å². The molecule has 3 rings (SSSR count). The van der Waals surface area contributed by atoms with E-state index in [0.717, 1.165) is 18.4 Å². The maximum Gasteiger partial charge on any atom is 0.226 e. The van der Waals surface area contributed by atoms with Crippen LogP contribution in [-0.4, -0.2) is 58.0 Å². The van der Waals surface area contributed by atoms with Gasteiger partial charge >= 0.3 is 0 Å². The van der Waals surface area contributed by atoms with Crippen LogP contribution in [0.25, 0.3) is 0 Å². The lowest BCUT2D eigenvalue weighted by Crippen LogP contribution is -2.64. The highest BCUT2D eigenvalue weighted by Crippen LogP contribution is 2.45. The van der Waals surface area contributed by atoms with E-state index < -0.39 is 11.6 Å². The smallest absolute Gasteiger partial charge is 0.226 e. The van der Waals surface area contributed by atoms with Crippen molar-refractivity contribution in [2.24, 2.45) is 5.41 Å². The molecule has 0 bridgehead atoms. The van der Waals surface area contributed by atoms with Crippen molar-refractivity contribution in [3.05, 3.63) is 35.9 Å². The number of hydrogen-bond donors (Lipinski definition) is 1. The summed E-state index contributed by atoms with van der Waals surface area (Å²) in [5.41, 5.74) is 0.428. The van der Waals surface area contributed by atoms with Crippen LogP contribution in [0.1, 0.15) is 45.6 Å². The zero-order valence-electron chi connectivity index (χ0n) is 16.1. The molecule has 0 aromatic heterocycles. The molecule has 1 spiro atoms. The zero-order chi connectivity index (χ0) is 18.9. The molecule has 2 amide bonds. The molecule has 26 heavy (non-hydrogen) atoms. The minimum absolute atomic E-state index is 0.00992. The Labute approximate surface area is 156 Å². The highest BCUT2D eigenvalue weighted by Gasteiger charge is 2.50. The summed E-state index contributed by atoms with van der Waals surface area (Å²) in [6.07, 6.45) is 2.27. The minimum atomic E-state index is -0.535. The van der Waals surface area contributed by atoms with Gasteiger partial charge in [-0.15, -0.1) is 0 Å². The molecule has 1 N–H and O–H groups in total. The number of hydrogen-bond acceptors (Lipinski definition) is 3. The van der Waals surface area contributed by atoms with Crippen LogP contribution in [0.3, 0.4) is 0 Å². The van der Waals surface area contributed by atoms with E-state index >= 15 is 0 Å². The first kappa shape index (κ1) is 18.9. The average Bonchev–Trinajstić information content (AvgIpc) is 2.60. The van der Waals surface area contributed by atoms with E-state index in [1.807, 2.05) is 54.0 Å². The van der Waals surface area contributed by atoms with E-state index in [1.165, 1.54) is 0 Å². The van der Waals surface area contributed by atoms with Crippen molar-refractivity contribution in [1.29, 1.82) is 0 Å². The van der Waals surface area contributed by atoms with Gasteiger partial charge in [-0.2, -0.15) is 0 Å². The van der Waals surface area contributed by atoms with Crippen LogP contribution >= 0.6 is 0 Å². The molecule has 2 aliphatic rings. The summed E-state index contributed by atoms with van der Waals surface area (Å²) < 4.78 is 0. The Balaban J connectivity index is 1.64. The van der Waals surface area contributed by atoms with Crippen LogP contribution in [0, 0.1) is 5.41 Å². The molecule has 5 heteroatoms. The van der Waals surface area contributed by atoms with E-state index in [9.17, 15) is 14.7 Å². The molecule has 2 heterocycles. The molecule has 1 aromatic carbocycles. The molecule has 142 valence electrons. The Bertz CT molecular complexity index is 663. The zero-order valence-corrected chi connectivity index (χ0v) is 16.1. The van der Waals surface area contributed by atoms with Crippen molar-refractivity contribution >= 4 is 11.8 Å². The summed E-state index contributed by atoms with van der Waals surface area (Å²) in [5.74, 6) is 0.168. The number of carbonyl (C=O) groups is 2. The van der Waals surface area contributed by atoms with E-state index in [1.54, 1.807) is 6.92 Å². The van der Waals surface area contributed by atoms with Gasteiger partial charge in [0, 0.05) is 26.6 Å². The van der Waals surface area contributed by atoms with Crippen molar-refractivity contribution in [3.63, 3.8) is 0 Å². The molecule has 0 aliphatic carbocycles. The number of likely N-dealkylation sites (tertiary alicyclic amines) is 2. The minimum Gasteiger partial charge on any atom is -0.391 e. The van der Waals surface area contributed by atoms with Gasteiger partial charge < -0.3 is 14.9 Å². The first-order chi connectivity index (χ1) is 12.2. The summed E-state index contributed by atoms with van der Waals surface area (Å²) in [6, 6.07) is 9.82. The lowest BCUT2D eigenvalue weighted by atomic mass is 9.67. The Morgan fingerprint density at radius 2 is 1.77 bits per heavy atom. The third kappa shape index (κ3) is 3.63. The fourth-order valence-electron chi connectivity index (χ4n) is 4.44. The quantitative estimate of drug-likeness (QED) is 0.882. The number of benzene rings is 1. The molecule has 1 atom stereocenters. The van der Waals surface area contributed by atoms with Crippen LogP contribution in [0.15, 0.2) is 30.3 Å². The maximum absolute atomic E-state index is 12.6. The lowest BCUT2D eigenvalue weighted by molar-refractivity contribution is -0.159. The summed E-state index contributed by atoms with van der Waals surface area (Å²) in [5, 5.41) is 10.7. The van der Waals surface area contributed by atoms with E-state index in [4.69, 9.17) is 0 Å². The summed E-state index contributed by atoms with van der Waals surface area (Å²) in [7, 11) is 0. The third-order valence-corrected chi connectivity index (χ3v) is 6.39. The van der Waals surface area contributed by atoms with Crippen LogP contribution in [0.2, 0.25) is 0 Å². The second-order valence-corrected chi connectivity index (χ2v) is 8.52. The van der Waals surface area contributed by atoms with Gasteiger partial charge in [0.05, 0.1) is 18.1 Å². The lowest BCUT2D eigenvalue weighted by Gasteiger charge is -2.55. The number of nitrogens with zero attached hydrogens (tertiary/aromatic N) is 2. The molecule has 2 fully saturated rings. The SMILES string of the molecule is CC(=O)N1CC2(CCN(C(=O)Cc3ccccc3)CC2)CC(O)C1(C)C. The number of piperidine rings is 2. The fourth-order valence-corrected chi connectivity index (χ4v) is 4.44. The Morgan fingerprint density at radius 3 is 2.35 bits per heavy atom. The maximum atomic E-state index is 12.6. The molecule has 1 unspecified atom stereocenters. The molecular formula is C21H30N2O3. The van der Waals surface area contributed by atoms with Crippen molar-refractivity contribution < 1.29 is 14.7 Å². The molecule has 1 aromatic rings. The van der Waals surface area contributed by atoms with Gasteiger partial charge in [-0.3, -0.25) is 9.59 Å². The number of amides is 2. The summed E-state index contributed by atoms with van der Waals surface area (Å²) in [4.78, 5) is 28.5. The monoisotopic (exact) mass is 358 g/mol. The van der Waals surface area contributed by atoms with Gasteiger partial charge in [0.15, 0.2) is 0 Å².